The Morgan fingerprint density at radius 2 is 1.93 bits per heavy atom. The van der Waals surface area contributed by atoms with Crippen molar-refractivity contribution in [3.8, 4) is 0 Å². The van der Waals surface area contributed by atoms with Crippen LogP contribution in [0, 0.1) is 20.2 Å². The van der Waals surface area contributed by atoms with Crippen molar-refractivity contribution in [3.63, 3.8) is 0 Å². The van der Waals surface area contributed by atoms with Gasteiger partial charge in [-0.1, -0.05) is 6.92 Å². The van der Waals surface area contributed by atoms with Gasteiger partial charge in [-0.2, -0.15) is 0 Å². The minimum atomic E-state index is -0.770. The molecular weight excluding hydrogens is 374 g/mol. The molecule has 0 saturated heterocycles. The second-order valence-electron chi connectivity index (χ2n) is 6.12. The SMILES string of the molecule is CCCN1CCc2nc(NC(=O)c3cc([N+](=O)[O-])cc([N+](=O)[O-])c3)sc2C1. The number of aromatic nitrogens is 1. The van der Waals surface area contributed by atoms with Crippen molar-refractivity contribution in [2.75, 3.05) is 18.4 Å². The summed E-state index contributed by atoms with van der Waals surface area (Å²) in [5.41, 5.74) is -0.240. The van der Waals surface area contributed by atoms with Crippen molar-refractivity contribution in [2.45, 2.75) is 26.3 Å². The quantitative estimate of drug-likeness (QED) is 0.591. The molecule has 1 amide bonds. The molecule has 27 heavy (non-hydrogen) atoms. The zero-order chi connectivity index (χ0) is 19.6. The zero-order valence-electron chi connectivity index (χ0n) is 14.5. The second-order valence-corrected chi connectivity index (χ2v) is 7.21. The Kier molecular flexibility index (Phi) is 5.42. The van der Waals surface area contributed by atoms with E-state index < -0.39 is 27.1 Å². The number of benzene rings is 1. The Labute approximate surface area is 158 Å². The van der Waals surface area contributed by atoms with Crippen molar-refractivity contribution < 1.29 is 14.6 Å². The van der Waals surface area contributed by atoms with E-state index in [9.17, 15) is 25.0 Å². The van der Waals surface area contributed by atoms with Gasteiger partial charge in [0.25, 0.3) is 17.3 Å². The van der Waals surface area contributed by atoms with E-state index in [0.717, 1.165) is 61.2 Å². The van der Waals surface area contributed by atoms with Gasteiger partial charge in [0.15, 0.2) is 5.13 Å². The first-order valence-electron chi connectivity index (χ1n) is 8.33. The Morgan fingerprint density at radius 1 is 1.26 bits per heavy atom. The highest BCUT2D eigenvalue weighted by atomic mass is 32.1. The number of non-ortho nitro benzene ring substituents is 2. The summed E-state index contributed by atoms with van der Waals surface area (Å²) in [5.74, 6) is -0.668. The van der Waals surface area contributed by atoms with Crippen LogP contribution in [0.15, 0.2) is 18.2 Å². The normalized spacial score (nSPS) is 13.8. The lowest BCUT2D eigenvalue weighted by Gasteiger charge is -2.24. The maximum atomic E-state index is 12.4. The van der Waals surface area contributed by atoms with Crippen LogP contribution in [0.25, 0.3) is 0 Å². The monoisotopic (exact) mass is 391 g/mol. The van der Waals surface area contributed by atoms with Crippen LogP contribution in [-0.2, 0) is 13.0 Å². The van der Waals surface area contributed by atoms with E-state index in [1.165, 1.54) is 11.3 Å². The van der Waals surface area contributed by atoms with Crippen LogP contribution in [0.1, 0.15) is 34.3 Å². The van der Waals surface area contributed by atoms with Gasteiger partial charge in [0.2, 0.25) is 0 Å². The predicted molar refractivity (Wildman–Crippen MR) is 99.1 cm³/mol. The van der Waals surface area contributed by atoms with Crippen molar-refractivity contribution in [1.82, 2.24) is 9.88 Å². The van der Waals surface area contributed by atoms with E-state index in [-0.39, 0.29) is 5.56 Å². The van der Waals surface area contributed by atoms with Crippen LogP contribution in [0.3, 0.4) is 0 Å². The Balaban J connectivity index is 1.80. The first-order valence-corrected chi connectivity index (χ1v) is 9.15. The van der Waals surface area contributed by atoms with Crippen molar-refractivity contribution in [2.24, 2.45) is 0 Å². The molecule has 1 N–H and O–H groups in total. The molecule has 0 unspecified atom stereocenters. The van der Waals surface area contributed by atoms with Crippen molar-refractivity contribution >= 4 is 33.8 Å². The molecule has 1 aromatic heterocycles. The number of rotatable bonds is 6. The number of anilines is 1. The molecule has 3 rings (SSSR count). The van der Waals surface area contributed by atoms with E-state index in [1.807, 2.05) is 0 Å². The highest BCUT2D eigenvalue weighted by Crippen LogP contribution is 2.29. The van der Waals surface area contributed by atoms with E-state index in [1.54, 1.807) is 0 Å². The van der Waals surface area contributed by atoms with Crippen LogP contribution < -0.4 is 5.32 Å². The summed E-state index contributed by atoms with van der Waals surface area (Å²) in [7, 11) is 0. The van der Waals surface area contributed by atoms with Gasteiger partial charge in [-0.15, -0.1) is 11.3 Å². The lowest BCUT2D eigenvalue weighted by atomic mass is 10.1. The minimum Gasteiger partial charge on any atom is -0.298 e. The number of carbonyl (C=O) groups excluding carboxylic acids is 1. The number of nitrogens with zero attached hydrogens (tertiary/aromatic N) is 4. The van der Waals surface area contributed by atoms with Gasteiger partial charge in [0.1, 0.15) is 0 Å². The third-order valence-electron chi connectivity index (χ3n) is 4.16. The molecule has 1 aliphatic heterocycles. The summed E-state index contributed by atoms with van der Waals surface area (Å²) in [6.45, 7) is 4.80. The van der Waals surface area contributed by atoms with Gasteiger partial charge >= 0.3 is 0 Å². The second kappa shape index (κ2) is 7.76. The molecule has 0 aliphatic carbocycles. The van der Waals surface area contributed by atoms with Crippen LogP contribution >= 0.6 is 11.3 Å². The number of hydrogen-bond acceptors (Lipinski definition) is 8. The molecular formula is C16H17N5O5S. The average molecular weight is 391 g/mol. The van der Waals surface area contributed by atoms with Crippen LogP contribution in [0.5, 0.6) is 0 Å². The summed E-state index contributed by atoms with van der Waals surface area (Å²) in [4.78, 5) is 40.6. The fourth-order valence-corrected chi connectivity index (χ4v) is 3.96. The fourth-order valence-electron chi connectivity index (χ4n) is 2.92. The van der Waals surface area contributed by atoms with Gasteiger partial charge in [-0.3, -0.25) is 35.2 Å². The highest BCUT2D eigenvalue weighted by molar-refractivity contribution is 7.15. The number of carbonyl (C=O) groups is 1. The van der Waals surface area contributed by atoms with Gasteiger partial charge < -0.3 is 0 Å². The summed E-state index contributed by atoms with van der Waals surface area (Å²) in [5, 5.41) is 24.9. The summed E-state index contributed by atoms with van der Waals surface area (Å²) in [6, 6.07) is 2.85. The van der Waals surface area contributed by atoms with Crippen LogP contribution in [0.2, 0.25) is 0 Å². The molecule has 0 spiro atoms. The molecule has 0 radical (unpaired) electrons. The number of hydrogen-bond donors (Lipinski definition) is 1. The standard InChI is InChI=1S/C16H17N5O5S/c1-2-4-19-5-3-13-14(9-19)27-16(17-13)18-15(22)10-6-11(20(23)24)8-12(7-10)21(25)26/h6-8H,2-5,9H2,1H3,(H,17,18,22). The Morgan fingerprint density at radius 3 is 2.52 bits per heavy atom. The predicted octanol–water partition coefficient (Wildman–Crippen LogP) is 2.98. The maximum absolute atomic E-state index is 12.4. The maximum Gasteiger partial charge on any atom is 0.277 e. The van der Waals surface area contributed by atoms with Crippen LogP contribution in [-0.4, -0.2) is 38.7 Å². The van der Waals surface area contributed by atoms with E-state index in [4.69, 9.17) is 0 Å². The largest absolute Gasteiger partial charge is 0.298 e. The number of nitrogens with one attached hydrogen (secondary N) is 1. The Hall–Kier alpha value is -2.92. The van der Waals surface area contributed by atoms with E-state index in [2.05, 4.69) is 22.1 Å². The smallest absolute Gasteiger partial charge is 0.277 e. The summed E-state index contributed by atoms with van der Waals surface area (Å²) in [6.07, 6.45) is 1.85. The Bertz CT molecular complexity index is 880. The minimum absolute atomic E-state index is 0.156. The first-order chi connectivity index (χ1) is 12.9. The molecule has 0 atom stereocenters. The molecule has 1 aromatic carbocycles. The fraction of sp³-hybridized carbons (Fsp3) is 0.375. The van der Waals surface area contributed by atoms with Gasteiger partial charge in [0.05, 0.1) is 27.2 Å². The van der Waals surface area contributed by atoms with Crippen molar-refractivity contribution in [3.05, 3.63) is 54.6 Å². The molecule has 11 heteroatoms. The van der Waals surface area contributed by atoms with Gasteiger partial charge in [-0.05, 0) is 13.0 Å². The lowest BCUT2D eigenvalue weighted by molar-refractivity contribution is -0.394. The lowest BCUT2D eigenvalue weighted by Crippen LogP contribution is -2.30. The number of thiazole rings is 1. The van der Waals surface area contributed by atoms with Gasteiger partial charge in [-0.25, -0.2) is 4.98 Å². The van der Waals surface area contributed by atoms with Gasteiger partial charge in [0, 0.05) is 36.5 Å². The zero-order valence-corrected chi connectivity index (χ0v) is 15.3. The molecule has 0 saturated carbocycles. The first kappa shape index (κ1) is 18.9. The van der Waals surface area contributed by atoms with E-state index in [0.29, 0.717) is 5.13 Å². The van der Waals surface area contributed by atoms with E-state index >= 15 is 0 Å². The number of amides is 1. The molecule has 2 heterocycles. The summed E-state index contributed by atoms with van der Waals surface area (Å²) < 4.78 is 0. The highest BCUT2D eigenvalue weighted by Gasteiger charge is 2.23. The molecule has 0 fully saturated rings. The molecule has 0 bridgehead atoms. The third-order valence-corrected chi connectivity index (χ3v) is 5.15. The molecule has 142 valence electrons. The van der Waals surface area contributed by atoms with Crippen molar-refractivity contribution in [1.29, 1.82) is 0 Å². The third kappa shape index (κ3) is 4.26. The molecule has 10 nitrogen and oxygen atoms in total. The molecule has 2 aromatic rings. The number of fused-ring (bicyclic) bond motifs is 1. The number of nitro groups is 2. The van der Waals surface area contributed by atoms with Crippen LogP contribution in [0.4, 0.5) is 16.5 Å². The molecule has 1 aliphatic rings. The average Bonchev–Trinajstić information content (AvgIpc) is 3.02. The number of nitro benzene ring substituents is 2. The summed E-state index contributed by atoms with van der Waals surface area (Å²) >= 11 is 1.36. The topological polar surface area (TPSA) is 132 Å².